The maximum Gasteiger partial charge on any atom is 0.123 e. The second-order valence-corrected chi connectivity index (χ2v) is 4.19. The number of aromatic nitrogens is 2. The van der Waals surface area contributed by atoms with Crippen LogP contribution >= 0.6 is 0 Å². The molecule has 0 saturated heterocycles. The number of nitrogens with zero attached hydrogens (tertiary/aromatic N) is 2. The van der Waals surface area contributed by atoms with Crippen molar-refractivity contribution in [1.82, 2.24) is 9.55 Å². The summed E-state index contributed by atoms with van der Waals surface area (Å²) in [6.45, 7) is 6.88. The lowest BCUT2D eigenvalue weighted by atomic mass is 10.2. The van der Waals surface area contributed by atoms with Crippen molar-refractivity contribution >= 4 is 11.0 Å². The summed E-state index contributed by atoms with van der Waals surface area (Å²) in [4.78, 5) is 4.55. The van der Waals surface area contributed by atoms with Gasteiger partial charge in [0.1, 0.15) is 5.82 Å². The zero-order valence-corrected chi connectivity index (χ0v) is 9.49. The quantitative estimate of drug-likeness (QED) is 0.814. The highest BCUT2D eigenvalue weighted by Crippen LogP contribution is 2.21. The van der Waals surface area contributed by atoms with E-state index in [1.807, 2.05) is 0 Å². The molecule has 0 aliphatic heterocycles. The van der Waals surface area contributed by atoms with E-state index in [0.717, 1.165) is 11.3 Å². The second-order valence-electron chi connectivity index (χ2n) is 4.19. The molecule has 0 radical (unpaired) electrons. The monoisotopic (exact) mass is 203 g/mol. The first-order valence-corrected chi connectivity index (χ1v) is 5.31. The first-order chi connectivity index (χ1) is 7.13. The molecule has 2 aromatic rings. The molecule has 0 amide bonds. The molecule has 0 unspecified atom stereocenters. The molecule has 2 rings (SSSR count). The van der Waals surface area contributed by atoms with Crippen LogP contribution in [0.3, 0.4) is 0 Å². The van der Waals surface area contributed by atoms with E-state index in [0.29, 0.717) is 12.6 Å². The lowest BCUT2D eigenvalue weighted by Gasteiger charge is -2.11. The minimum Gasteiger partial charge on any atom is -0.324 e. The maximum atomic E-state index is 5.71. The Kier molecular flexibility index (Phi) is 2.49. The summed E-state index contributed by atoms with van der Waals surface area (Å²) in [7, 11) is 0. The van der Waals surface area contributed by atoms with Crippen LogP contribution < -0.4 is 5.73 Å². The van der Waals surface area contributed by atoms with E-state index in [2.05, 4.69) is 48.5 Å². The molecule has 0 saturated carbocycles. The Labute approximate surface area is 89.9 Å². The number of aryl methyl sites for hydroxylation is 1. The molecule has 3 nitrogen and oxygen atoms in total. The average molecular weight is 203 g/mol. The van der Waals surface area contributed by atoms with Crippen LogP contribution in [0, 0.1) is 6.92 Å². The Morgan fingerprint density at radius 1 is 1.40 bits per heavy atom. The highest BCUT2D eigenvalue weighted by Gasteiger charge is 2.11. The fourth-order valence-corrected chi connectivity index (χ4v) is 1.98. The van der Waals surface area contributed by atoms with Crippen molar-refractivity contribution in [3.63, 3.8) is 0 Å². The van der Waals surface area contributed by atoms with E-state index in [-0.39, 0.29) is 0 Å². The minimum absolute atomic E-state index is 0.399. The van der Waals surface area contributed by atoms with Crippen molar-refractivity contribution < 1.29 is 0 Å². The molecule has 0 atom stereocenters. The van der Waals surface area contributed by atoms with E-state index < -0.39 is 0 Å². The van der Waals surface area contributed by atoms with Crippen molar-refractivity contribution in [3.8, 4) is 0 Å². The Bertz CT molecular complexity index is 483. The molecule has 15 heavy (non-hydrogen) atoms. The second kappa shape index (κ2) is 3.66. The minimum atomic E-state index is 0.399. The third-order valence-corrected chi connectivity index (χ3v) is 2.62. The Morgan fingerprint density at radius 3 is 2.73 bits per heavy atom. The number of hydrogen-bond donors (Lipinski definition) is 1. The van der Waals surface area contributed by atoms with Gasteiger partial charge in [-0.15, -0.1) is 0 Å². The summed E-state index contributed by atoms with van der Waals surface area (Å²) in [5.74, 6) is 0.964. The van der Waals surface area contributed by atoms with Crippen LogP contribution in [0.15, 0.2) is 18.2 Å². The van der Waals surface area contributed by atoms with Crippen LogP contribution in [-0.4, -0.2) is 9.55 Å². The average Bonchev–Trinajstić information content (AvgIpc) is 2.54. The lowest BCUT2D eigenvalue weighted by Crippen LogP contribution is -2.10. The standard InChI is InChI=1S/C12H17N3/c1-8(2)15-11-5-4-9(3)6-10(11)14-12(15)7-13/h4-6,8H,7,13H2,1-3H3. The van der Waals surface area contributed by atoms with Crippen LogP contribution in [0.5, 0.6) is 0 Å². The summed E-state index contributed by atoms with van der Waals surface area (Å²) < 4.78 is 2.20. The Morgan fingerprint density at radius 2 is 2.13 bits per heavy atom. The smallest absolute Gasteiger partial charge is 0.123 e. The summed E-state index contributed by atoms with van der Waals surface area (Å²) in [6.07, 6.45) is 0. The third-order valence-electron chi connectivity index (χ3n) is 2.62. The fraction of sp³-hybridized carbons (Fsp3) is 0.417. The van der Waals surface area contributed by atoms with Gasteiger partial charge in [0, 0.05) is 6.04 Å². The zero-order valence-electron chi connectivity index (χ0n) is 9.49. The molecule has 0 fully saturated rings. The van der Waals surface area contributed by atoms with Crippen molar-refractivity contribution in [2.75, 3.05) is 0 Å². The highest BCUT2D eigenvalue weighted by molar-refractivity contribution is 5.77. The lowest BCUT2D eigenvalue weighted by molar-refractivity contribution is 0.585. The van der Waals surface area contributed by atoms with Crippen molar-refractivity contribution in [1.29, 1.82) is 0 Å². The van der Waals surface area contributed by atoms with Crippen molar-refractivity contribution in [2.45, 2.75) is 33.4 Å². The third kappa shape index (κ3) is 1.63. The van der Waals surface area contributed by atoms with Gasteiger partial charge in [-0.25, -0.2) is 4.98 Å². The molecule has 3 heteroatoms. The number of benzene rings is 1. The predicted octanol–water partition coefficient (Wildman–Crippen LogP) is 2.38. The maximum absolute atomic E-state index is 5.71. The normalized spacial score (nSPS) is 11.5. The number of nitrogens with two attached hydrogens (primary N) is 1. The molecule has 0 aliphatic rings. The SMILES string of the molecule is Cc1ccc2c(c1)nc(CN)n2C(C)C. The molecular formula is C12H17N3. The molecule has 2 N–H and O–H groups in total. The van der Waals surface area contributed by atoms with Gasteiger partial charge in [-0.3, -0.25) is 0 Å². The van der Waals surface area contributed by atoms with Gasteiger partial charge < -0.3 is 10.3 Å². The van der Waals surface area contributed by atoms with E-state index in [9.17, 15) is 0 Å². The summed E-state index contributed by atoms with van der Waals surface area (Å²) in [6, 6.07) is 6.74. The summed E-state index contributed by atoms with van der Waals surface area (Å²) in [5, 5.41) is 0. The molecule has 0 aliphatic carbocycles. The fourth-order valence-electron chi connectivity index (χ4n) is 1.98. The number of rotatable bonds is 2. The van der Waals surface area contributed by atoms with E-state index >= 15 is 0 Å². The van der Waals surface area contributed by atoms with Gasteiger partial charge in [0.2, 0.25) is 0 Å². The summed E-state index contributed by atoms with van der Waals surface area (Å²) >= 11 is 0. The van der Waals surface area contributed by atoms with Crippen molar-refractivity contribution in [2.24, 2.45) is 5.73 Å². The zero-order chi connectivity index (χ0) is 11.0. The molecular weight excluding hydrogens is 186 g/mol. The number of fused-ring (bicyclic) bond motifs is 1. The Hall–Kier alpha value is -1.35. The van der Waals surface area contributed by atoms with Crippen LogP contribution in [0.1, 0.15) is 31.3 Å². The predicted molar refractivity (Wildman–Crippen MR) is 62.7 cm³/mol. The topological polar surface area (TPSA) is 43.8 Å². The first kappa shape index (κ1) is 10.2. The van der Waals surface area contributed by atoms with Gasteiger partial charge in [0.25, 0.3) is 0 Å². The number of hydrogen-bond acceptors (Lipinski definition) is 2. The van der Waals surface area contributed by atoms with E-state index in [4.69, 9.17) is 5.73 Å². The van der Waals surface area contributed by atoms with E-state index in [1.165, 1.54) is 11.1 Å². The largest absolute Gasteiger partial charge is 0.324 e. The molecule has 0 bridgehead atoms. The Balaban J connectivity index is 2.74. The van der Waals surface area contributed by atoms with Gasteiger partial charge >= 0.3 is 0 Å². The molecule has 80 valence electrons. The molecule has 1 aromatic carbocycles. The molecule has 1 heterocycles. The van der Waals surface area contributed by atoms with Gasteiger partial charge in [0.15, 0.2) is 0 Å². The first-order valence-electron chi connectivity index (χ1n) is 5.31. The molecule has 1 aromatic heterocycles. The van der Waals surface area contributed by atoms with Crippen LogP contribution in [-0.2, 0) is 6.54 Å². The molecule has 0 spiro atoms. The van der Waals surface area contributed by atoms with Gasteiger partial charge in [-0.1, -0.05) is 6.07 Å². The summed E-state index contributed by atoms with van der Waals surface area (Å²) in [5.41, 5.74) is 9.17. The van der Waals surface area contributed by atoms with Crippen LogP contribution in [0.4, 0.5) is 0 Å². The van der Waals surface area contributed by atoms with Gasteiger partial charge in [-0.2, -0.15) is 0 Å². The van der Waals surface area contributed by atoms with Crippen molar-refractivity contribution in [3.05, 3.63) is 29.6 Å². The van der Waals surface area contributed by atoms with Gasteiger partial charge in [-0.05, 0) is 38.5 Å². The van der Waals surface area contributed by atoms with Gasteiger partial charge in [0.05, 0.1) is 17.6 Å². The van der Waals surface area contributed by atoms with E-state index in [1.54, 1.807) is 0 Å². The highest BCUT2D eigenvalue weighted by atomic mass is 15.1. The number of imidazole rings is 1. The van der Waals surface area contributed by atoms with Crippen LogP contribution in [0.2, 0.25) is 0 Å². The van der Waals surface area contributed by atoms with Crippen LogP contribution in [0.25, 0.3) is 11.0 Å².